The monoisotopic (exact) mass is 400 g/mol. The zero-order valence-electron chi connectivity index (χ0n) is 10.7. The fraction of sp³-hybridized carbons (Fsp3) is 0.133. The molecule has 2 rings (SSSR count). The molecule has 0 fully saturated rings. The van der Waals surface area contributed by atoms with Crippen molar-refractivity contribution in [1.29, 1.82) is 0 Å². The Balaban J connectivity index is 1.80. The van der Waals surface area contributed by atoms with Gasteiger partial charge in [0, 0.05) is 20.8 Å². The molecule has 5 heteroatoms. The third-order valence-corrected chi connectivity index (χ3v) is 3.83. The van der Waals surface area contributed by atoms with Gasteiger partial charge in [0.05, 0.1) is 6.54 Å². The lowest BCUT2D eigenvalue weighted by Crippen LogP contribution is -2.29. The summed E-state index contributed by atoms with van der Waals surface area (Å²) in [6.45, 7) is 0.781. The highest BCUT2D eigenvalue weighted by Crippen LogP contribution is 2.21. The molecule has 0 aliphatic carbocycles. The minimum atomic E-state index is -0.0420. The number of carbonyl (C=O) groups is 1. The summed E-state index contributed by atoms with van der Waals surface area (Å²) in [6, 6.07) is 15.3. The molecule has 0 atom stereocenters. The van der Waals surface area contributed by atoms with Crippen molar-refractivity contribution in [2.75, 3.05) is 11.9 Å². The van der Waals surface area contributed by atoms with Gasteiger partial charge in [-0.25, -0.2) is 0 Å². The summed E-state index contributed by atoms with van der Waals surface area (Å²) in [6.07, 6.45) is 0. The van der Waals surface area contributed by atoms with Crippen LogP contribution >= 0.6 is 34.2 Å². The smallest absolute Gasteiger partial charge is 0.239 e. The Labute approximate surface area is 136 Å². The van der Waals surface area contributed by atoms with Crippen LogP contribution in [0.2, 0.25) is 5.02 Å². The van der Waals surface area contributed by atoms with Crippen LogP contribution in [-0.2, 0) is 11.3 Å². The Morgan fingerprint density at radius 3 is 2.60 bits per heavy atom. The SMILES string of the molecule is O=C(CNc1ccc(Cl)cc1I)NCc1ccccc1. The third-order valence-electron chi connectivity index (χ3n) is 2.70. The van der Waals surface area contributed by atoms with Crippen LogP contribution < -0.4 is 10.6 Å². The van der Waals surface area contributed by atoms with Crippen molar-refractivity contribution in [1.82, 2.24) is 5.32 Å². The maximum atomic E-state index is 11.8. The van der Waals surface area contributed by atoms with Crippen LogP contribution in [-0.4, -0.2) is 12.5 Å². The molecule has 0 saturated carbocycles. The molecule has 0 aliphatic rings. The van der Waals surface area contributed by atoms with Gasteiger partial charge in [0.2, 0.25) is 5.91 Å². The summed E-state index contributed by atoms with van der Waals surface area (Å²) in [5, 5.41) is 6.66. The number of carbonyl (C=O) groups excluding carboxylic acids is 1. The summed E-state index contributed by atoms with van der Waals surface area (Å²) in [5.41, 5.74) is 1.99. The van der Waals surface area contributed by atoms with E-state index in [1.54, 1.807) is 6.07 Å². The van der Waals surface area contributed by atoms with Gasteiger partial charge in [-0.1, -0.05) is 41.9 Å². The van der Waals surface area contributed by atoms with Gasteiger partial charge in [-0.05, 0) is 46.4 Å². The molecule has 1 amide bonds. The van der Waals surface area contributed by atoms with Crippen LogP contribution in [0.5, 0.6) is 0 Å². The first-order valence-corrected chi connectivity index (χ1v) is 7.60. The molecule has 2 N–H and O–H groups in total. The van der Waals surface area contributed by atoms with Gasteiger partial charge >= 0.3 is 0 Å². The normalized spacial score (nSPS) is 10.1. The summed E-state index contributed by atoms with van der Waals surface area (Å²) >= 11 is 8.07. The Morgan fingerprint density at radius 2 is 1.90 bits per heavy atom. The Morgan fingerprint density at radius 1 is 1.15 bits per heavy atom. The molecule has 20 heavy (non-hydrogen) atoms. The van der Waals surface area contributed by atoms with E-state index in [-0.39, 0.29) is 12.5 Å². The Hall–Kier alpha value is -1.27. The molecule has 2 aromatic carbocycles. The largest absolute Gasteiger partial charge is 0.375 e. The topological polar surface area (TPSA) is 41.1 Å². The first-order valence-electron chi connectivity index (χ1n) is 6.15. The number of amides is 1. The van der Waals surface area contributed by atoms with Gasteiger partial charge in [0.1, 0.15) is 0 Å². The van der Waals surface area contributed by atoms with E-state index in [0.717, 1.165) is 14.8 Å². The van der Waals surface area contributed by atoms with Gasteiger partial charge in [0.25, 0.3) is 0 Å². The maximum Gasteiger partial charge on any atom is 0.239 e. The second kappa shape index (κ2) is 7.50. The quantitative estimate of drug-likeness (QED) is 0.752. The molecule has 0 heterocycles. The Kier molecular flexibility index (Phi) is 5.67. The summed E-state index contributed by atoms with van der Waals surface area (Å²) in [5.74, 6) is -0.0420. The van der Waals surface area contributed by atoms with Crippen LogP contribution in [0.3, 0.4) is 0 Å². The molecule has 2 aromatic rings. The van der Waals surface area contributed by atoms with Crippen LogP contribution in [0.1, 0.15) is 5.56 Å². The van der Waals surface area contributed by atoms with Crippen LogP contribution in [0.25, 0.3) is 0 Å². The predicted octanol–water partition coefficient (Wildman–Crippen LogP) is 3.67. The lowest BCUT2D eigenvalue weighted by Gasteiger charge is -2.09. The van der Waals surface area contributed by atoms with E-state index < -0.39 is 0 Å². The zero-order valence-corrected chi connectivity index (χ0v) is 13.6. The number of halogens is 2. The molecule has 3 nitrogen and oxygen atoms in total. The van der Waals surface area contributed by atoms with E-state index in [1.165, 1.54) is 0 Å². The molecule has 0 spiro atoms. The maximum absolute atomic E-state index is 11.8. The average Bonchev–Trinajstić information content (AvgIpc) is 2.45. The molecule has 0 saturated heterocycles. The number of hydrogen-bond acceptors (Lipinski definition) is 2. The number of nitrogens with one attached hydrogen (secondary N) is 2. The highest BCUT2D eigenvalue weighted by Gasteiger charge is 2.04. The van der Waals surface area contributed by atoms with Crippen LogP contribution in [0.4, 0.5) is 5.69 Å². The van der Waals surface area contributed by atoms with Crippen molar-refractivity contribution >= 4 is 45.8 Å². The third kappa shape index (κ3) is 4.68. The fourth-order valence-corrected chi connectivity index (χ4v) is 2.73. The minimum Gasteiger partial charge on any atom is -0.375 e. The van der Waals surface area contributed by atoms with E-state index in [4.69, 9.17) is 11.6 Å². The molecule has 0 radical (unpaired) electrons. The van der Waals surface area contributed by atoms with Gasteiger partial charge in [-0.15, -0.1) is 0 Å². The van der Waals surface area contributed by atoms with Crippen molar-refractivity contribution in [2.45, 2.75) is 6.54 Å². The van der Waals surface area contributed by atoms with E-state index in [0.29, 0.717) is 11.6 Å². The highest BCUT2D eigenvalue weighted by molar-refractivity contribution is 14.1. The predicted molar refractivity (Wildman–Crippen MR) is 90.9 cm³/mol. The fourth-order valence-electron chi connectivity index (χ4n) is 1.67. The van der Waals surface area contributed by atoms with Crippen molar-refractivity contribution in [3.05, 3.63) is 62.7 Å². The van der Waals surface area contributed by atoms with Crippen molar-refractivity contribution in [3.8, 4) is 0 Å². The van der Waals surface area contributed by atoms with E-state index >= 15 is 0 Å². The molecule has 0 aromatic heterocycles. The molecule has 0 unspecified atom stereocenters. The summed E-state index contributed by atoms with van der Waals surface area (Å²) in [4.78, 5) is 11.8. The first-order chi connectivity index (χ1) is 9.65. The second-order valence-corrected chi connectivity index (χ2v) is 5.84. The second-order valence-electron chi connectivity index (χ2n) is 4.24. The van der Waals surface area contributed by atoms with Crippen molar-refractivity contribution in [3.63, 3.8) is 0 Å². The summed E-state index contributed by atoms with van der Waals surface area (Å²) < 4.78 is 0.992. The summed E-state index contributed by atoms with van der Waals surface area (Å²) in [7, 11) is 0. The zero-order chi connectivity index (χ0) is 14.4. The highest BCUT2D eigenvalue weighted by atomic mass is 127. The number of benzene rings is 2. The average molecular weight is 401 g/mol. The lowest BCUT2D eigenvalue weighted by atomic mass is 10.2. The number of anilines is 1. The van der Waals surface area contributed by atoms with Crippen LogP contribution in [0, 0.1) is 3.57 Å². The van der Waals surface area contributed by atoms with E-state index in [9.17, 15) is 4.79 Å². The molecular weight excluding hydrogens is 387 g/mol. The molecule has 0 aliphatic heterocycles. The van der Waals surface area contributed by atoms with Gasteiger partial charge in [-0.3, -0.25) is 4.79 Å². The number of hydrogen-bond donors (Lipinski definition) is 2. The van der Waals surface area contributed by atoms with Gasteiger partial charge < -0.3 is 10.6 Å². The molecular formula is C15H14ClIN2O. The van der Waals surface area contributed by atoms with Crippen molar-refractivity contribution in [2.24, 2.45) is 0 Å². The lowest BCUT2D eigenvalue weighted by molar-refractivity contribution is -0.119. The standard InChI is InChI=1S/C15H14ClIN2O/c16-12-6-7-14(13(17)8-12)18-10-15(20)19-9-11-4-2-1-3-5-11/h1-8,18H,9-10H2,(H,19,20). The minimum absolute atomic E-state index is 0.0420. The van der Waals surface area contributed by atoms with Crippen LogP contribution in [0.15, 0.2) is 48.5 Å². The van der Waals surface area contributed by atoms with Crippen molar-refractivity contribution < 1.29 is 4.79 Å². The van der Waals surface area contributed by atoms with Gasteiger partial charge in [0.15, 0.2) is 0 Å². The molecule has 104 valence electrons. The van der Waals surface area contributed by atoms with E-state index in [1.807, 2.05) is 42.5 Å². The van der Waals surface area contributed by atoms with E-state index in [2.05, 4.69) is 33.2 Å². The molecule has 0 bridgehead atoms. The van der Waals surface area contributed by atoms with Gasteiger partial charge in [-0.2, -0.15) is 0 Å². The Bertz CT molecular complexity index is 590. The number of rotatable bonds is 5. The first kappa shape index (κ1) is 15.1.